The second kappa shape index (κ2) is 5.66. The van der Waals surface area contributed by atoms with E-state index in [0.29, 0.717) is 24.9 Å². The molecule has 1 unspecified atom stereocenters. The average Bonchev–Trinajstić information content (AvgIpc) is 2.19. The molecule has 0 saturated carbocycles. The summed E-state index contributed by atoms with van der Waals surface area (Å²) in [5.74, 6) is 1.37. The van der Waals surface area contributed by atoms with Crippen molar-refractivity contribution in [3.8, 4) is 5.88 Å². The fraction of sp³-hybridized carbons (Fsp3) is 0.636. The molecule has 15 heavy (non-hydrogen) atoms. The van der Waals surface area contributed by atoms with Crippen molar-refractivity contribution < 1.29 is 4.74 Å². The second-order valence-electron chi connectivity index (χ2n) is 3.80. The molecule has 84 valence electrons. The zero-order valence-electron chi connectivity index (χ0n) is 9.60. The van der Waals surface area contributed by atoms with Gasteiger partial charge < -0.3 is 10.5 Å². The van der Waals surface area contributed by atoms with Crippen LogP contribution in [0.3, 0.4) is 0 Å². The summed E-state index contributed by atoms with van der Waals surface area (Å²) in [7, 11) is 0. The maximum atomic E-state index is 5.73. The molecule has 1 rings (SSSR count). The van der Waals surface area contributed by atoms with E-state index in [-0.39, 0.29) is 5.92 Å². The van der Waals surface area contributed by atoms with Crippen LogP contribution in [-0.2, 0) is 0 Å². The molecule has 0 radical (unpaired) electrons. The SMILES string of the molecule is CCOc1cc(C(CN)C(C)C)ncn1. The highest BCUT2D eigenvalue weighted by molar-refractivity contribution is 5.17. The third kappa shape index (κ3) is 3.16. The number of nitrogens with two attached hydrogens (primary N) is 1. The number of aromatic nitrogens is 2. The zero-order chi connectivity index (χ0) is 11.3. The number of hydrogen-bond acceptors (Lipinski definition) is 4. The minimum Gasteiger partial charge on any atom is -0.478 e. The molecule has 1 heterocycles. The summed E-state index contributed by atoms with van der Waals surface area (Å²) in [6.07, 6.45) is 1.53. The summed E-state index contributed by atoms with van der Waals surface area (Å²) in [6.45, 7) is 7.43. The molecule has 0 aliphatic carbocycles. The largest absolute Gasteiger partial charge is 0.478 e. The van der Waals surface area contributed by atoms with E-state index < -0.39 is 0 Å². The lowest BCUT2D eigenvalue weighted by Crippen LogP contribution is -2.19. The lowest BCUT2D eigenvalue weighted by Gasteiger charge is -2.18. The molecule has 1 atom stereocenters. The monoisotopic (exact) mass is 209 g/mol. The lowest BCUT2D eigenvalue weighted by molar-refractivity contribution is 0.324. The van der Waals surface area contributed by atoms with E-state index in [9.17, 15) is 0 Å². The standard InChI is InChI=1S/C11H19N3O/c1-4-15-11-5-10(13-7-14-11)9(6-12)8(2)3/h5,7-9H,4,6,12H2,1-3H3. The van der Waals surface area contributed by atoms with Crippen LogP contribution in [0.2, 0.25) is 0 Å². The van der Waals surface area contributed by atoms with Crippen molar-refractivity contribution in [1.29, 1.82) is 0 Å². The molecule has 2 N–H and O–H groups in total. The van der Waals surface area contributed by atoms with Gasteiger partial charge in [0.15, 0.2) is 0 Å². The van der Waals surface area contributed by atoms with Crippen molar-refractivity contribution in [2.75, 3.05) is 13.2 Å². The van der Waals surface area contributed by atoms with Crippen molar-refractivity contribution in [1.82, 2.24) is 9.97 Å². The fourth-order valence-corrected chi connectivity index (χ4v) is 1.52. The summed E-state index contributed by atoms with van der Waals surface area (Å²) in [5, 5.41) is 0. The normalized spacial score (nSPS) is 12.9. The van der Waals surface area contributed by atoms with Crippen LogP contribution in [0, 0.1) is 5.92 Å². The van der Waals surface area contributed by atoms with Gasteiger partial charge in [-0.3, -0.25) is 0 Å². The lowest BCUT2D eigenvalue weighted by atomic mass is 9.92. The fourth-order valence-electron chi connectivity index (χ4n) is 1.52. The van der Waals surface area contributed by atoms with Gasteiger partial charge in [-0.25, -0.2) is 9.97 Å². The molecule has 0 aromatic carbocycles. The maximum absolute atomic E-state index is 5.73. The third-order valence-electron chi connectivity index (χ3n) is 2.39. The smallest absolute Gasteiger partial charge is 0.216 e. The maximum Gasteiger partial charge on any atom is 0.216 e. The van der Waals surface area contributed by atoms with Crippen LogP contribution in [0.1, 0.15) is 32.4 Å². The third-order valence-corrected chi connectivity index (χ3v) is 2.39. The van der Waals surface area contributed by atoms with Crippen LogP contribution in [0.15, 0.2) is 12.4 Å². The van der Waals surface area contributed by atoms with E-state index in [1.807, 2.05) is 13.0 Å². The van der Waals surface area contributed by atoms with Crippen LogP contribution < -0.4 is 10.5 Å². The van der Waals surface area contributed by atoms with Crippen LogP contribution in [0.5, 0.6) is 5.88 Å². The van der Waals surface area contributed by atoms with Gasteiger partial charge in [0.1, 0.15) is 6.33 Å². The molecule has 0 fully saturated rings. The van der Waals surface area contributed by atoms with E-state index in [2.05, 4.69) is 23.8 Å². The highest BCUT2D eigenvalue weighted by atomic mass is 16.5. The molecule has 0 saturated heterocycles. The van der Waals surface area contributed by atoms with E-state index in [4.69, 9.17) is 10.5 Å². The molecular formula is C11H19N3O. The second-order valence-corrected chi connectivity index (χ2v) is 3.80. The summed E-state index contributed by atoms with van der Waals surface area (Å²) < 4.78 is 5.33. The number of rotatable bonds is 5. The molecule has 0 spiro atoms. The molecule has 0 aliphatic rings. The highest BCUT2D eigenvalue weighted by Crippen LogP contribution is 2.22. The van der Waals surface area contributed by atoms with Gasteiger partial charge in [-0.15, -0.1) is 0 Å². The highest BCUT2D eigenvalue weighted by Gasteiger charge is 2.16. The van der Waals surface area contributed by atoms with Gasteiger partial charge in [0, 0.05) is 18.5 Å². The van der Waals surface area contributed by atoms with Gasteiger partial charge in [-0.1, -0.05) is 13.8 Å². The Morgan fingerprint density at radius 3 is 2.67 bits per heavy atom. The van der Waals surface area contributed by atoms with Crippen LogP contribution >= 0.6 is 0 Å². The molecule has 4 heteroatoms. The molecule has 1 aromatic rings. The van der Waals surface area contributed by atoms with Gasteiger partial charge in [0.25, 0.3) is 0 Å². The quantitative estimate of drug-likeness (QED) is 0.799. The molecule has 1 aromatic heterocycles. The minimum absolute atomic E-state index is 0.271. The average molecular weight is 209 g/mol. The van der Waals surface area contributed by atoms with Gasteiger partial charge in [-0.05, 0) is 12.8 Å². The first kappa shape index (κ1) is 11.9. The molecule has 0 aliphatic heterocycles. The van der Waals surface area contributed by atoms with Gasteiger partial charge >= 0.3 is 0 Å². The Morgan fingerprint density at radius 2 is 2.13 bits per heavy atom. The summed E-state index contributed by atoms with van der Waals surface area (Å²) >= 11 is 0. The first-order valence-corrected chi connectivity index (χ1v) is 5.33. The van der Waals surface area contributed by atoms with Crippen molar-refractivity contribution in [2.45, 2.75) is 26.7 Å². The van der Waals surface area contributed by atoms with E-state index >= 15 is 0 Å². The van der Waals surface area contributed by atoms with Crippen molar-refractivity contribution in [2.24, 2.45) is 11.7 Å². The molecular weight excluding hydrogens is 190 g/mol. The Hall–Kier alpha value is -1.16. The Kier molecular flexibility index (Phi) is 4.49. The predicted molar refractivity (Wildman–Crippen MR) is 59.8 cm³/mol. The molecule has 0 bridgehead atoms. The molecule has 4 nitrogen and oxygen atoms in total. The van der Waals surface area contributed by atoms with E-state index in [1.54, 1.807) is 0 Å². The van der Waals surface area contributed by atoms with E-state index in [1.165, 1.54) is 6.33 Å². The minimum atomic E-state index is 0.271. The Morgan fingerprint density at radius 1 is 1.40 bits per heavy atom. The van der Waals surface area contributed by atoms with Crippen molar-refractivity contribution in [3.05, 3.63) is 18.1 Å². The number of hydrogen-bond donors (Lipinski definition) is 1. The Labute approximate surface area is 90.9 Å². The van der Waals surface area contributed by atoms with Crippen molar-refractivity contribution in [3.63, 3.8) is 0 Å². The summed E-state index contributed by atoms with van der Waals surface area (Å²) in [6, 6.07) is 1.88. The van der Waals surface area contributed by atoms with Crippen LogP contribution in [0.4, 0.5) is 0 Å². The van der Waals surface area contributed by atoms with Gasteiger partial charge in [-0.2, -0.15) is 0 Å². The van der Waals surface area contributed by atoms with E-state index in [0.717, 1.165) is 5.69 Å². The number of nitrogens with zero attached hydrogens (tertiary/aromatic N) is 2. The Balaban J connectivity index is 2.87. The van der Waals surface area contributed by atoms with Crippen molar-refractivity contribution >= 4 is 0 Å². The van der Waals surface area contributed by atoms with Gasteiger partial charge in [0.05, 0.1) is 12.3 Å². The summed E-state index contributed by atoms with van der Waals surface area (Å²) in [5.41, 5.74) is 6.69. The first-order valence-electron chi connectivity index (χ1n) is 5.33. The van der Waals surface area contributed by atoms with Crippen LogP contribution in [0.25, 0.3) is 0 Å². The number of ether oxygens (including phenoxy) is 1. The topological polar surface area (TPSA) is 61.0 Å². The van der Waals surface area contributed by atoms with Crippen LogP contribution in [-0.4, -0.2) is 23.1 Å². The summed E-state index contributed by atoms with van der Waals surface area (Å²) in [4.78, 5) is 8.27. The Bertz CT molecular complexity index is 302. The molecule has 0 amide bonds. The van der Waals surface area contributed by atoms with Gasteiger partial charge in [0.2, 0.25) is 5.88 Å². The predicted octanol–water partition coefficient (Wildman–Crippen LogP) is 1.57. The first-order chi connectivity index (χ1) is 7.19. The zero-order valence-corrected chi connectivity index (χ0v) is 9.60.